The van der Waals surface area contributed by atoms with Crippen LogP contribution in [0.4, 0.5) is 0 Å². The molecule has 0 spiro atoms. The number of carbonyl (C=O) groups is 1. The molecule has 116 valence electrons. The van der Waals surface area contributed by atoms with E-state index in [0.29, 0.717) is 12.0 Å². The van der Waals surface area contributed by atoms with Crippen LogP contribution in [-0.2, 0) is 9.53 Å². The number of ether oxygens (including phenoxy) is 1. The fourth-order valence-electron chi connectivity index (χ4n) is 3.44. The zero-order valence-corrected chi connectivity index (χ0v) is 13.3. The Morgan fingerprint density at radius 3 is 2.55 bits per heavy atom. The van der Waals surface area contributed by atoms with Gasteiger partial charge in [-0.15, -0.1) is 0 Å². The highest BCUT2D eigenvalue weighted by atomic mass is 16.5. The first-order valence-corrected chi connectivity index (χ1v) is 7.75. The molecule has 2 rings (SSSR count). The van der Waals surface area contributed by atoms with E-state index in [4.69, 9.17) is 4.74 Å². The van der Waals surface area contributed by atoms with Gasteiger partial charge in [0.2, 0.25) is 0 Å². The number of hydrogen-bond acceptors (Lipinski definition) is 5. The van der Waals surface area contributed by atoms with Crippen LogP contribution in [0.25, 0.3) is 0 Å². The predicted molar refractivity (Wildman–Crippen MR) is 79.7 cm³/mol. The third-order valence-corrected chi connectivity index (χ3v) is 4.77. The van der Waals surface area contributed by atoms with Gasteiger partial charge >= 0.3 is 5.97 Å². The fraction of sp³-hybridized carbons (Fsp3) is 0.933. The van der Waals surface area contributed by atoms with Gasteiger partial charge in [-0.2, -0.15) is 0 Å². The lowest BCUT2D eigenvalue weighted by Crippen LogP contribution is -2.61. The molecule has 5 nitrogen and oxygen atoms in total. The number of likely N-dealkylation sites (N-methyl/N-ethyl adjacent to an activating group) is 2. The van der Waals surface area contributed by atoms with Gasteiger partial charge in [0, 0.05) is 19.1 Å². The highest BCUT2D eigenvalue weighted by molar-refractivity contribution is 5.82. The van der Waals surface area contributed by atoms with Gasteiger partial charge in [-0.05, 0) is 52.4 Å². The van der Waals surface area contributed by atoms with Crippen molar-refractivity contribution in [3.05, 3.63) is 0 Å². The Morgan fingerprint density at radius 1 is 1.40 bits per heavy atom. The molecule has 2 unspecified atom stereocenters. The second-order valence-electron chi connectivity index (χ2n) is 6.41. The number of carbonyl (C=O) groups excluding carboxylic acids is 1. The minimum atomic E-state index is -0.495. The molecule has 5 heteroatoms. The van der Waals surface area contributed by atoms with E-state index in [9.17, 15) is 4.79 Å². The molecule has 0 bridgehead atoms. The van der Waals surface area contributed by atoms with Crippen LogP contribution >= 0.6 is 0 Å². The van der Waals surface area contributed by atoms with Crippen molar-refractivity contribution < 1.29 is 9.53 Å². The number of rotatable bonds is 7. The Morgan fingerprint density at radius 2 is 2.10 bits per heavy atom. The van der Waals surface area contributed by atoms with Crippen LogP contribution in [0.5, 0.6) is 0 Å². The third kappa shape index (κ3) is 3.15. The van der Waals surface area contributed by atoms with E-state index < -0.39 is 5.54 Å². The van der Waals surface area contributed by atoms with Gasteiger partial charge < -0.3 is 15.0 Å². The van der Waals surface area contributed by atoms with E-state index in [1.54, 1.807) is 0 Å². The van der Waals surface area contributed by atoms with Gasteiger partial charge in [0.25, 0.3) is 0 Å². The predicted octanol–water partition coefficient (Wildman–Crippen LogP) is 0.554. The zero-order chi connectivity index (χ0) is 14.8. The highest BCUT2D eigenvalue weighted by Crippen LogP contribution is 2.41. The Bertz CT molecular complexity index is 344. The van der Waals surface area contributed by atoms with Gasteiger partial charge in [-0.1, -0.05) is 6.92 Å². The molecule has 1 saturated carbocycles. The Kier molecular flexibility index (Phi) is 5.04. The van der Waals surface area contributed by atoms with E-state index in [0.717, 1.165) is 39.0 Å². The van der Waals surface area contributed by atoms with Gasteiger partial charge in [0.15, 0.2) is 0 Å². The second-order valence-corrected chi connectivity index (χ2v) is 6.41. The van der Waals surface area contributed by atoms with Crippen molar-refractivity contribution in [1.82, 2.24) is 15.1 Å². The minimum absolute atomic E-state index is 0.0878. The average molecular weight is 283 g/mol. The summed E-state index contributed by atoms with van der Waals surface area (Å²) in [5.74, 6) is 0.350. The fourth-order valence-corrected chi connectivity index (χ4v) is 3.44. The molecule has 2 aliphatic rings. The molecule has 0 aromatic carbocycles. The van der Waals surface area contributed by atoms with Crippen LogP contribution in [0.2, 0.25) is 0 Å². The monoisotopic (exact) mass is 283 g/mol. The Balaban J connectivity index is 2.06. The summed E-state index contributed by atoms with van der Waals surface area (Å²) in [6.45, 7) is 5.76. The van der Waals surface area contributed by atoms with Crippen molar-refractivity contribution in [1.29, 1.82) is 0 Å². The maximum Gasteiger partial charge on any atom is 0.327 e. The Hall–Kier alpha value is -0.650. The van der Waals surface area contributed by atoms with Crippen LogP contribution < -0.4 is 5.32 Å². The molecule has 1 heterocycles. The summed E-state index contributed by atoms with van der Waals surface area (Å²) in [5.41, 5.74) is -0.495. The zero-order valence-electron chi connectivity index (χ0n) is 13.3. The highest BCUT2D eigenvalue weighted by Gasteiger charge is 2.52. The first-order chi connectivity index (χ1) is 9.53. The van der Waals surface area contributed by atoms with E-state index in [2.05, 4.69) is 36.1 Å². The molecule has 0 aromatic rings. The lowest BCUT2D eigenvalue weighted by atomic mass is 9.92. The van der Waals surface area contributed by atoms with E-state index in [1.165, 1.54) is 13.5 Å². The summed E-state index contributed by atoms with van der Waals surface area (Å²) < 4.78 is 5.12. The Labute approximate surface area is 122 Å². The SMILES string of the molecule is CCNC(CN1CCC(N(C)C)C1)(C(=O)OC)C1CC1. The summed E-state index contributed by atoms with van der Waals surface area (Å²) in [6, 6.07) is 0.603. The van der Waals surface area contributed by atoms with E-state index >= 15 is 0 Å². The van der Waals surface area contributed by atoms with Crippen molar-refractivity contribution in [3.63, 3.8) is 0 Å². The first kappa shape index (κ1) is 15.7. The summed E-state index contributed by atoms with van der Waals surface area (Å²) in [6.07, 6.45) is 3.45. The van der Waals surface area contributed by atoms with Crippen LogP contribution in [0.15, 0.2) is 0 Å². The number of likely N-dealkylation sites (tertiary alicyclic amines) is 1. The lowest BCUT2D eigenvalue weighted by molar-refractivity contribution is -0.150. The topological polar surface area (TPSA) is 44.8 Å². The van der Waals surface area contributed by atoms with E-state index in [1.807, 2.05) is 0 Å². The van der Waals surface area contributed by atoms with E-state index in [-0.39, 0.29) is 5.97 Å². The molecule has 0 radical (unpaired) electrons. The van der Waals surface area contributed by atoms with Crippen LogP contribution in [0, 0.1) is 5.92 Å². The number of nitrogens with zero attached hydrogens (tertiary/aromatic N) is 2. The van der Waals surface area contributed by atoms with Crippen molar-refractivity contribution >= 4 is 5.97 Å². The molecule has 2 atom stereocenters. The van der Waals surface area contributed by atoms with Crippen molar-refractivity contribution in [2.24, 2.45) is 5.92 Å². The third-order valence-electron chi connectivity index (χ3n) is 4.77. The molecule has 1 aliphatic heterocycles. The maximum absolute atomic E-state index is 12.4. The van der Waals surface area contributed by atoms with Gasteiger partial charge in [-0.3, -0.25) is 4.90 Å². The maximum atomic E-state index is 12.4. The second kappa shape index (κ2) is 6.41. The molecule has 2 fully saturated rings. The van der Waals surface area contributed by atoms with Crippen LogP contribution in [0.3, 0.4) is 0 Å². The number of hydrogen-bond donors (Lipinski definition) is 1. The minimum Gasteiger partial charge on any atom is -0.468 e. The first-order valence-electron chi connectivity index (χ1n) is 7.75. The smallest absolute Gasteiger partial charge is 0.327 e. The summed E-state index contributed by atoms with van der Waals surface area (Å²) in [4.78, 5) is 17.1. The van der Waals surface area contributed by atoms with Gasteiger partial charge in [-0.25, -0.2) is 4.79 Å². The number of methoxy groups -OCH3 is 1. The average Bonchev–Trinajstić information content (AvgIpc) is 3.17. The quantitative estimate of drug-likeness (QED) is 0.692. The summed E-state index contributed by atoms with van der Waals surface area (Å²) >= 11 is 0. The van der Waals surface area contributed by atoms with Crippen LogP contribution in [0.1, 0.15) is 26.2 Å². The van der Waals surface area contributed by atoms with Gasteiger partial charge in [0.05, 0.1) is 7.11 Å². The number of nitrogens with one attached hydrogen (secondary N) is 1. The molecule has 1 N–H and O–H groups in total. The molecule has 20 heavy (non-hydrogen) atoms. The lowest BCUT2D eigenvalue weighted by Gasteiger charge is -2.36. The van der Waals surface area contributed by atoms with Crippen molar-refractivity contribution in [2.45, 2.75) is 37.8 Å². The van der Waals surface area contributed by atoms with Gasteiger partial charge in [0.1, 0.15) is 5.54 Å². The normalized spacial score (nSPS) is 26.8. The molecular formula is C15H29N3O2. The number of esters is 1. The molecule has 1 saturated heterocycles. The van der Waals surface area contributed by atoms with Crippen molar-refractivity contribution in [2.75, 3.05) is 47.4 Å². The van der Waals surface area contributed by atoms with Crippen LogP contribution in [-0.4, -0.2) is 74.7 Å². The molecule has 0 aromatic heterocycles. The standard InChI is InChI=1S/C15H29N3O2/c1-5-16-15(12-6-7-12,14(19)20-4)11-18-9-8-13(10-18)17(2)3/h12-13,16H,5-11H2,1-4H3. The molecule has 0 amide bonds. The summed E-state index contributed by atoms with van der Waals surface area (Å²) in [7, 11) is 5.77. The van der Waals surface area contributed by atoms with Crippen molar-refractivity contribution in [3.8, 4) is 0 Å². The molecule has 1 aliphatic carbocycles. The largest absolute Gasteiger partial charge is 0.468 e. The summed E-state index contributed by atoms with van der Waals surface area (Å²) in [5, 5.41) is 3.45. The molecular weight excluding hydrogens is 254 g/mol.